The normalized spacial score (nSPS) is 13.6. The number of rotatable bonds is 6. The van der Waals surface area contributed by atoms with Crippen molar-refractivity contribution in [1.29, 1.82) is 0 Å². The topological polar surface area (TPSA) is 26.0 Å². The molecular weight excluding hydrogens is 239 g/mol. The third-order valence-corrected chi connectivity index (χ3v) is 2.96. The molecule has 1 aromatic rings. The van der Waals surface area contributed by atoms with Crippen LogP contribution in [0.3, 0.4) is 0 Å². The Bertz CT molecular complexity index is 343. The van der Waals surface area contributed by atoms with Crippen molar-refractivity contribution in [2.45, 2.75) is 51.2 Å². The summed E-state index contributed by atoms with van der Waals surface area (Å²) in [6.07, 6.45) is -2.67. The number of aryl methyl sites for hydroxylation is 2. The molecule has 0 aliphatic carbocycles. The van der Waals surface area contributed by atoms with Gasteiger partial charge < -0.3 is 5.73 Å². The Morgan fingerprint density at radius 3 is 2.28 bits per heavy atom. The van der Waals surface area contributed by atoms with E-state index in [1.807, 2.05) is 31.2 Å². The van der Waals surface area contributed by atoms with Crippen LogP contribution in [0.2, 0.25) is 0 Å². The van der Waals surface area contributed by atoms with E-state index in [0.717, 1.165) is 12.8 Å². The zero-order valence-electron chi connectivity index (χ0n) is 10.6. The van der Waals surface area contributed by atoms with Crippen LogP contribution in [0.4, 0.5) is 13.2 Å². The second-order valence-electron chi connectivity index (χ2n) is 4.79. The third kappa shape index (κ3) is 6.64. The summed E-state index contributed by atoms with van der Waals surface area (Å²) in [4.78, 5) is 0. The van der Waals surface area contributed by atoms with Gasteiger partial charge in [-0.25, -0.2) is 0 Å². The van der Waals surface area contributed by atoms with E-state index in [4.69, 9.17) is 5.73 Å². The molecule has 0 aromatic heterocycles. The summed E-state index contributed by atoms with van der Waals surface area (Å²) in [5.74, 6) is 0. The second-order valence-corrected chi connectivity index (χ2v) is 4.79. The summed E-state index contributed by atoms with van der Waals surface area (Å²) in [6.45, 7) is 2.02. The van der Waals surface area contributed by atoms with Gasteiger partial charge in [-0.2, -0.15) is 13.2 Å². The smallest absolute Gasteiger partial charge is 0.328 e. The first-order valence-corrected chi connectivity index (χ1v) is 6.25. The van der Waals surface area contributed by atoms with E-state index in [-0.39, 0.29) is 12.5 Å². The lowest BCUT2D eigenvalue weighted by atomic mass is 10.0. The Hall–Kier alpha value is -1.03. The molecule has 1 unspecified atom stereocenters. The van der Waals surface area contributed by atoms with Gasteiger partial charge in [0.15, 0.2) is 0 Å². The fourth-order valence-corrected chi connectivity index (χ4v) is 1.82. The summed E-state index contributed by atoms with van der Waals surface area (Å²) in [6, 6.07) is 8.00. The van der Waals surface area contributed by atoms with Gasteiger partial charge in [0.2, 0.25) is 0 Å². The fraction of sp³-hybridized carbons (Fsp3) is 0.571. The Morgan fingerprint density at radius 2 is 1.72 bits per heavy atom. The average Bonchev–Trinajstić information content (AvgIpc) is 2.26. The van der Waals surface area contributed by atoms with E-state index in [0.29, 0.717) is 6.42 Å². The van der Waals surface area contributed by atoms with E-state index in [1.165, 1.54) is 11.1 Å². The highest BCUT2D eigenvalue weighted by molar-refractivity contribution is 5.21. The van der Waals surface area contributed by atoms with Gasteiger partial charge in [0, 0.05) is 12.5 Å². The maximum atomic E-state index is 12.0. The highest BCUT2D eigenvalue weighted by atomic mass is 19.4. The molecular formula is C14H20F3N. The number of nitrogens with two attached hydrogens (primary N) is 1. The number of hydrogen-bond acceptors (Lipinski definition) is 1. The van der Waals surface area contributed by atoms with E-state index in [9.17, 15) is 13.2 Å². The molecule has 0 fully saturated rings. The highest BCUT2D eigenvalue weighted by Gasteiger charge is 2.26. The summed E-state index contributed by atoms with van der Waals surface area (Å²) >= 11 is 0. The molecule has 4 heteroatoms. The summed E-state index contributed by atoms with van der Waals surface area (Å²) in [7, 11) is 0. The molecule has 102 valence electrons. The van der Waals surface area contributed by atoms with Crippen LogP contribution in [-0.2, 0) is 6.42 Å². The van der Waals surface area contributed by atoms with Crippen LogP contribution in [0.1, 0.15) is 36.8 Å². The van der Waals surface area contributed by atoms with Crippen molar-refractivity contribution in [1.82, 2.24) is 0 Å². The van der Waals surface area contributed by atoms with Crippen molar-refractivity contribution in [3.8, 4) is 0 Å². The predicted molar refractivity (Wildman–Crippen MR) is 67.4 cm³/mol. The molecule has 0 saturated carbocycles. The van der Waals surface area contributed by atoms with Gasteiger partial charge in [-0.05, 0) is 38.2 Å². The number of alkyl halides is 3. The van der Waals surface area contributed by atoms with E-state index in [2.05, 4.69) is 0 Å². The first-order chi connectivity index (χ1) is 8.37. The molecule has 1 nitrogen and oxygen atoms in total. The van der Waals surface area contributed by atoms with Crippen molar-refractivity contribution in [2.24, 2.45) is 5.73 Å². The van der Waals surface area contributed by atoms with Gasteiger partial charge in [0.25, 0.3) is 0 Å². The van der Waals surface area contributed by atoms with Gasteiger partial charge in [0.1, 0.15) is 0 Å². The Morgan fingerprint density at radius 1 is 1.11 bits per heavy atom. The van der Waals surface area contributed by atoms with Crippen LogP contribution >= 0.6 is 0 Å². The Kier molecular flexibility index (Phi) is 5.66. The monoisotopic (exact) mass is 259 g/mol. The SMILES string of the molecule is Cc1ccc(CCC(N)CCCC(F)(F)F)cc1. The standard InChI is InChI=1S/C14H20F3N/c1-11-4-6-12(7-5-11)8-9-13(18)3-2-10-14(15,16)17/h4-7,13H,2-3,8-10,18H2,1H3. The number of benzene rings is 1. The van der Waals surface area contributed by atoms with Crippen molar-refractivity contribution >= 4 is 0 Å². The zero-order valence-corrected chi connectivity index (χ0v) is 10.6. The highest BCUT2D eigenvalue weighted by Crippen LogP contribution is 2.23. The van der Waals surface area contributed by atoms with Crippen molar-refractivity contribution in [3.63, 3.8) is 0 Å². The largest absolute Gasteiger partial charge is 0.389 e. The fourth-order valence-electron chi connectivity index (χ4n) is 1.82. The average molecular weight is 259 g/mol. The van der Waals surface area contributed by atoms with Gasteiger partial charge in [-0.3, -0.25) is 0 Å². The molecule has 0 heterocycles. The zero-order chi connectivity index (χ0) is 13.6. The summed E-state index contributed by atoms with van der Waals surface area (Å²) in [5.41, 5.74) is 8.20. The molecule has 0 spiro atoms. The van der Waals surface area contributed by atoms with Gasteiger partial charge in [-0.1, -0.05) is 29.8 Å². The molecule has 1 rings (SSSR count). The minimum Gasteiger partial charge on any atom is -0.328 e. The molecule has 18 heavy (non-hydrogen) atoms. The Labute approximate surface area is 106 Å². The molecule has 0 bridgehead atoms. The first-order valence-electron chi connectivity index (χ1n) is 6.25. The summed E-state index contributed by atoms with van der Waals surface area (Å²) in [5, 5.41) is 0. The van der Waals surface area contributed by atoms with Gasteiger partial charge >= 0.3 is 6.18 Å². The molecule has 0 aliphatic heterocycles. The van der Waals surface area contributed by atoms with Crippen LogP contribution in [0.5, 0.6) is 0 Å². The lowest BCUT2D eigenvalue weighted by Crippen LogP contribution is -2.21. The quantitative estimate of drug-likeness (QED) is 0.821. The third-order valence-electron chi connectivity index (χ3n) is 2.96. The van der Waals surface area contributed by atoms with Gasteiger partial charge in [-0.15, -0.1) is 0 Å². The van der Waals surface area contributed by atoms with Crippen LogP contribution in [0.25, 0.3) is 0 Å². The van der Waals surface area contributed by atoms with Gasteiger partial charge in [0.05, 0.1) is 0 Å². The maximum Gasteiger partial charge on any atom is 0.389 e. The van der Waals surface area contributed by atoms with E-state index < -0.39 is 12.6 Å². The summed E-state index contributed by atoms with van der Waals surface area (Å²) < 4.78 is 35.9. The number of hydrogen-bond donors (Lipinski definition) is 1. The first kappa shape index (κ1) is 15.0. The molecule has 0 aliphatic rings. The maximum absolute atomic E-state index is 12.0. The predicted octanol–water partition coefficient (Wildman–Crippen LogP) is 3.99. The van der Waals surface area contributed by atoms with Crippen molar-refractivity contribution in [2.75, 3.05) is 0 Å². The Balaban J connectivity index is 2.21. The van der Waals surface area contributed by atoms with E-state index >= 15 is 0 Å². The molecule has 0 amide bonds. The molecule has 1 aromatic carbocycles. The second kappa shape index (κ2) is 6.78. The molecule has 0 saturated heterocycles. The number of halogens is 3. The van der Waals surface area contributed by atoms with Crippen LogP contribution in [0, 0.1) is 6.92 Å². The molecule has 1 atom stereocenters. The van der Waals surface area contributed by atoms with Crippen LogP contribution < -0.4 is 5.73 Å². The minimum absolute atomic E-state index is 0.124. The van der Waals surface area contributed by atoms with Crippen LogP contribution in [-0.4, -0.2) is 12.2 Å². The van der Waals surface area contributed by atoms with E-state index in [1.54, 1.807) is 0 Å². The van der Waals surface area contributed by atoms with Crippen molar-refractivity contribution < 1.29 is 13.2 Å². The van der Waals surface area contributed by atoms with Crippen LogP contribution in [0.15, 0.2) is 24.3 Å². The molecule has 0 radical (unpaired) electrons. The van der Waals surface area contributed by atoms with Crippen molar-refractivity contribution in [3.05, 3.63) is 35.4 Å². The lowest BCUT2D eigenvalue weighted by Gasteiger charge is -2.12. The molecule has 2 N–H and O–H groups in total. The lowest BCUT2D eigenvalue weighted by molar-refractivity contribution is -0.135. The minimum atomic E-state index is -4.06.